The molecule has 8 N–H and O–H groups in total. The fourth-order valence-corrected chi connectivity index (χ4v) is 1.60. The van der Waals surface area contributed by atoms with E-state index in [9.17, 15) is 9.59 Å². The van der Waals surface area contributed by atoms with E-state index in [2.05, 4.69) is 0 Å². The first-order valence-corrected chi connectivity index (χ1v) is 10.9. The first-order valence-electron chi connectivity index (χ1n) is 10.9. The third kappa shape index (κ3) is 27.3. The van der Waals surface area contributed by atoms with E-state index < -0.39 is 11.9 Å². The Kier molecular flexibility index (Phi) is 28.7. The van der Waals surface area contributed by atoms with Crippen LogP contribution >= 0.6 is 0 Å². The van der Waals surface area contributed by atoms with Crippen LogP contribution in [-0.4, -0.2) is 92.4 Å². The predicted octanol–water partition coefficient (Wildman–Crippen LogP) is 1.47. The van der Waals surface area contributed by atoms with Crippen LogP contribution in [0.4, 0.5) is 0 Å². The maximum Gasteiger partial charge on any atom is 0.335 e. The molecule has 0 amide bonds. The summed E-state index contributed by atoms with van der Waals surface area (Å²) in [5, 5.41) is 64.4. The Balaban J connectivity index is -0.000000384. The van der Waals surface area contributed by atoms with Crippen LogP contribution in [0, 0.1) is 13.8 Å². The highest BCUT2D eigenvalue weighted by molar-refractivity contribution is 5.87. The van der Waals surface area contributed by atoms with Crippen molar-refractivity contribution in [2.45, 2.75) is 33.1 Å². The van der Waals surface area contributed by atoms with Gasteiger partial charge in [0, 0.05) is 39.6 Å². The van der Waals surface area contributed by atoms with Crippen LogP contribution in [0.3, 0.4) is 0 Å². The Morgan fingerprint density at radius 2 is 0.686 bits per heavy atom. The van der Waals surface area contributed by atoms with Crippen molar-refractivity contribution in [3.63, 3.8) is 0 Å². The number of aromatic carboxylic acids is 2. The first-order chi connectivity index (χ1) is 16.6. The lowest BCUT2D eigenvalue weighted by atomic mass is 10.2. The van der Waals surface area contributed by atoms with Gasteiger partial charge in [-0.2, -0.15) is 0 Å². The summed E-state index contributed by atoms with van der Waals surface area (Å²) in [6.07, 6.45) is 1.50. The molecular formula is C25H40O10. The molecule has 0 unspecified atom stereocenters. The SMILES string of the molecule is Cc1ccc(C(=O)O)cc1.Cc1ccc(C(=O)O)cc1.OCCCO.OCCCO.OCCCO. The molecule has 10 heteroatoms. The third-order valence-corrected chi connectivity index (χ3v) is 3.55. The molecule has 200 valence electrons. The Bertz CT molecular complexity index is 655. The summed E-state index contributed by atoms with van der Waals surface area (Å²) >= 11 is 0. The number of benzene rings is 2. The molecule has 2 rings (SSSR count). The second-order valence-electron chi connectivity index (χ2n) is 6.74. The zero-order valence-electron chi connectivity index (χ0n) is 20.4. The molecule has 2 aromatic carbocycles. The fourth-order valence-electron chi connectivity index (χ4n) is 1.60. The number of aryl methyl sites for hydroxylation is 2. The van der Waals surface area contributed by atoms with Crippen molar-refractivity contribution in [3.05, 3.63) is 70.8 Å². The van der Waals surface area contributed by atoms with Gasteiger partial charge < -0.3 is 40.9 Å². The average molecular weight is 501 g/mol. The highest BCUT2D eigenvalue weighted by Crippen LogP contribution is 2.02. The largest absolute Gasteiger partial charge is 0.478 e. The minimum atomic E-state index is -0.875. The number of carboxylic acid groups (broad SMARTS) is 2. The molecule has 0 saturated heterocycles. The standard InChI is InChI=1S/2C8H8O2.3C3H8O2/c2*1-6-2-4-7(5-3-6)8(9)10;3*4-2-1-3-5/h2*2-5H,1H3,(H,9,10);3*4-5H,1-3H2. The molecule has 0 atom stereocenters. The molecule has 0 aromatic heterocycles. The quantitative estimate of drug-likeness (QED) is 0.263. The van der Waals surface area contributed by atoms with Crippen molar-refractivity contribution in [2.75, 3.05) is 39.6 Å². The molecule has 0 fully saturated rings. The molecule has 0 aliphatic carbocycles. The van der Waals surface area contributed by atoms with Crippen molar-refractivity contribution in [2.24, 2.45) is 0 Å². The fraction of sp³-hybridized carbons (Fsp3) is 0.440. The lowest BCUT2D eigenvalue weighted by Crippen LogP contribution is -1.94. The molecule has 35 heavy (non-hydrogen) atoms. The summed E-state index contributed by atoms with van der Waals surface area (Å²) in [6, 6.07) is 13.5. The highest BCUT2D eigenvalue weighted by Gasteiger charge is 1.99. The molecule has 0 radical (unpaired) electrons. The number of carbonyl (C=O) groups is 2. The van der Waals surface area contributed by atoms with Gasteiger partial charge in [-0.05, 0) is 57.4 Å². The van der Waals surface area contributed by atoms with E-state index in [4.69, 9.17) is 40.9 Å². The van der Waals surface area contributed by atoms with Crippen LogP contribution in [0.15, 0.2) is 48.5 Å². The zero-order chi connectivity index (χ0) is 27.5. The maximum atomic E-state index is 10.3. The van der Waals surface area contributed by atoms with E-state index in [0.29, 0.717) is 30.4 Å². The number of carboxylic acids is 2. The van der Waals surface area contributed by atoms with Crippen LogP contribution in [0.25, 0.3) is 0 Å². The Morgan fingerprint density at radius 3 is 0.800 bits per heavy atom. The molecule has 0 spiro atoms. The second kappa shape index (κ2) is 27.4. The summed E-state index contributed by atoms with van der Waals surface area (Å²) in [5.41, 5.74) is 2.83. The van der Waals surface area contributed by atoms with Gasteiger partial charge in [-0.25, -0.2) is 9.59 Å². The second-order valence-corrected chi connectivity index (χ2v) is 6.74. The Hall–Kier alpha value is -2.86. The van der Waals surface area contributed by atoms with E-state index in [0.717, 1.165) is 11.1 Å². The van der Waals surface area contributed by atoms with Gasteiger partial charge in [-0.1, -0.05) is 35.4 Å². The van der Waals surface area contributed by atoms with E-state index >= 15 is 0 Å². The van der Waals surface area contributed by atoms with Crippen LogP contribution in [-0.2, 0) is 0 Å². The van der Waals surface area contributed by atoms with Crippen LogP contribution < -0.4 is 0 Å². The molecule has 10 nitrogen and oxygen atoms in total. The van der Waals surface area contributed by atoms with Crippen LogP contribution in [0.2, 0.25) is 0 Å². The Labute approximate surface area is 206 Å². The maximum absolute atomic E-state index is 10.3. The average Bonchev–Trinajstić information content (AvgIpc) is 2.83. The summed E-state index contributed by atoms with van der Waals surface area (Å²) in [6.45, 7) is 4.41. The topological polar surface area (TPSA) is 196 Å². The zero-order valence-corrected chi connectivity index (χ0v) is 20.4. The number of hydrogen-bond acceptors (Lipinski definition) is 8. The monoisotopic (exact) mass is 500 g/mol. The van der Waals surface area contributed by atoms with E-state index in [1.54, 1.807) is 48.5 Å². The first kappa shape index (κ1) is 36.7. The molecule has 0 saturated carbocycles. The number of aliphatic hydroxyl groups is 6. The molecule has 0 bridgehead atoms. The van der Waals surface area contributed by atoms with Gasteiger partial charge in [0.25, 0.3) is 0 Å². The number of aliphatic hydroxyl groups excluding tert-OH is 6. The minimum Gasteiger partial charge on any atom is -0.478 e. The van der Waals surface area contributed by atoms with Gasteiger partial charge in [0.05, 0.1) is 11.1 Å². The molecule has 0 heterocycles. The normalized spacial score (nSPS) is 8.91. The molecule has 0 aliphatic rings. The van der Waals surface area contributed by atoms with Gasteiger partial charge >= 0.3 is 11.9 Å². The van der Waals surface area contributed by atoms with Gasteiger partial charge in [0.2, 0.25) is 0 Å². The van der Waals surface area contributed by atoms with E-state index in [-0.39, 0.29) is 39.6 Å². The smallest absolute Gasteiger partial charge is 0.335 e. The predicted molar refractivity (Wildman–Crippen MR) is 133 cm³/mol. The highest BCUT2D eigenvalue weighted by atomic mass is 16.4. The summed E-state index contributed by atoms with van der Waals surface area (Å²) < 4.78 is 0. The number of hydrogen-bond donors (Lipinski definition) is 8. The summed E-state index contributed by atoms with van der Waals surface area (Å²) in [4.78, 5) is 20.6. The van der Waals surface area contributed by atoms with E-state index in [1.807, 2.05) is 13.8 Å². The summed E-state index contributed by atoms with van der Waals surface area (Å²) in [7, 11) is 0. The lowest BCUT2D eigenvalue weighted by Gasteiger charge is -1.92. The van der Waals surface area contributed by atoms with Crippen molar-refractivity contribution in [1.82, 2.24) is 0 Å². The lowest BCUT2D eigenvalue weighted by molar-refractivity contribution is 0.0686. The van der Waals surface area contributed by atoms with Crippen LogP contribution in [0.1, 0.15) is 51.1 Å². The third-order valence-electron chi connectivity index (χ3n) is 3.55. The van der Waals surface area contributed by atoms with Gasteiger partial charge in [0.15, 0.2) is 0 Å². The van der Waals surface area contributed by atoms with Crippen molar-refractivity contribution >= 4 is 11.9 Å². The van der Waals surface area contributed by atoms with Gasteiger partial charge in [0.1, 0.15) is 0 Å². The van der Waals surface area contributed by atoms with Gasteiger partial charge in [-0.3, -0.25) is 0 Å². The molecule has 2 aromatic rings. The minimum absolute atomic E-state index is 0.0938. The summed E-state index contributed by atoms with van der Waals surface area (Å²) in [5.74, 6) is -1.75. The number of rotatable bonds is 8. The van der Waals surface area contributed by atoms with Crippen LogP contribution in [0.5, 0.6) is 0 Å². The van der Waals surface area contributed by atoms with Crippen molar-refractivity contribution in [3.8, 4) is 0 Å². The molecular weight excluding hydrogens is 460 g/mol. The molecule has 0 aliphatic heterocycles. The van der Waals surface area contributed by atoms with Crippen molar-refractivity contribution < 1.29 is 50.4 Å². The van der Waals surface area contributed by atoms with E-state index in [1.165, 1.54) is 0 Å². The van der Waals surface area contributed by atoms with Crippen molar-refractivity contribution in [1.29, 1.82) is 0 Å². The Morgan fingerprint density at radius 1 is 0.486 bits per heavy atom. The van der Waals surface area contributed by atoms with Gasteiger partial charge in [-0.15, -0.1) is 0 Å².